The minimum atomic E-state index is -0.0162. The van der Waals surface area contributed by atoms with E-state index in [1.807, 2.05) is 84.9 Å². The van der Waals surface area contributed by atoms with E-state index in [2.05, 4.69) is 10.6 Å². The normalized spacial score (nSPS) is 10.4. The largest absolute Gasteiger partial charge is 0.494 e. The highest BCUT2D eigenvalue weighted by atomic mass is 16.5. The van der Waals surface area contributed by atoms with Crippen LogP contribution >= 0.6 is 0 Å². The second-order valence-electron chi connectivity index (χ2n) is 6.89. The van der Waals surface area contributed by atoms with Gasteiger partial charge >= 0.3 is 0 Å². The van der Waals surface area contributed by atoms with Gasteiger partial charge in [-0.05, 0) is 41.8 Å². The van der Waals surface area contributed by atoms with Crippen molar-refractivity contribution in [2.75, 3.05) is 19.7 Å². The van der Waals surface area contributed by atoms with Crippen LogP contribution in [0.5, 0.6) is 11.5 Å². The van der Waals surface area contributed by atoms with Crippen molar-refractivity contribution in [2.45, 2.75) is 19.6 Å². The highest BCUT2D eigenvalue weighted by Gasteiger charge is 2.02. The molecule has 3 aromatic rings. The average molecular weight is 405 g/mol. The van der Waals surface area contributed by atoms with E-state index in [4.69, 9.17) is 9.47 Å². The van der Waals surface area contributed by atoms with Gasteiger partial charge in [-0.15, -0.1) is 0 Å². The maximum absolute atomic E-state index is 11.9. The molecule has 3 rings (SSSR count). The molecule has 0 saturated carbocycles. The van der Waals surface area contributed by atoms with Crippen molar-refractivity contribution >= 4 is 5.91 Å². The lowest BCUT2D eigenvalue weighted by atomic mass is 10.2. The molecule has 0 radical (unpaired) electrons. The van der Waals surface area contributed by atoms with E-state index in [9.17, 15) is 4.79 Å². The summed E-state index contributed by atoms with van der Waals surface area (Å²) in [5.41, 5.74) is 2.24. The number of ether oxygens (including phenoxy) is 2. The van der Waals surface area contributed by atoms with Crippen molar-refractivity contribution in [3.05, 3.63) is 96.1 Å². The van der Waals surface area contributed by atoms with Crippen LogP contribution in [0.15, 0.2) is 84.9 Å². The number of rotatable bonds is 12. The molecule has 30 heavy (non-hydrogen) atoms. The number of carbonyl (C=O) groups is 1. The Morgan fingerprint density at radius 1 is 0.733 bits per heavy atom. The predicted octanol–water partition coefficient (Wildman–Crippen LogP) is 3.94. The van der Waals surface area contributed by atoms with Gasteiger partial charge in [0.25, 0.3) is 0 Å². The third-order valence-corrected chi connectivity index (χ3v) is 4.44. The van der Waals surface area contributed by atoms with Crippen LogP contribution in [0.25, 0.3) is 0 Å². The van der Waals surface area contributed by atoms with Crippen molar-refractivity contribution in [2.24, 2.45) is 0 Å². The second kappa shape index (κ2) is 12.3. The Labute approximate surface area is 178 Å². The molecule has 0 spiro atoms. The number of nitrogens with one attached hydrogen (secondary N) is 2. The lowest BCUT2D eigenvalue weighted by molar-refractivity contribution is -0.120. The van der Waals surface area contributed by atoms with E-state index in [-0.39, 0.29) is 12.5 Å². The zero-order valence-electron chi connectivity index (χ0n) is 17.1. The number of hydrogen-bond acceptors (Lipinski definition) is 4. The molecule has 0 heterocycles. The van der Waals surface area contributed by atoms with Gasteiger partial charge in [-0.1, -0.05) is 60.7 Å². The van der Waals surface area contributed by atoms with Crippen molar-refractivity contribution in [1.29, 1.82) is 0 Å². The van der Waals surface area contributed by atoms with E-state index < -0.39 is 0 Å². The second-order valence-corrected chi connectivity index (χ2v) is 6.89. The summed E-state index contributed by atoms with van der Waals surface area (Å²) in [5, 5.41) is 6.06. The van der Waals surface area contributed by atoms with Crippen molar-refractivity contribution < 1.29 is 14.3 Å². The van der Waals surface area contributed by atoms with Crippen LogP contribution in [0, 0.1) is 0 Å². The molecule has 0 atom stereocenters. The molecule has 0 fully saturated rings. The zero-order valence-corrected chi connectivity index (χ0v) is 17.1. The molecule has 0 aliphatic carbocycles. The fraction of sp³-hybridized carbons (Fsp3) is 0.240. The molecular weight excluding hydrogens is 376 g/mol. The van der Waals surface area contributed by atoms with E-state index in [0.717, 1.165) is 29.0 Å². The van der Waals surface area contributed by atoms with E-state index >= 15 is 0 Å². The van der Waals surface area contributed by atoms with Gasteiger partial charge in [0, 0.05) is 13.1 Å². The van der Waals surface area contributed by atoms with Crippen LogP contribution in [-0.4, -0.2) is 25.6 Å². The Balaban J connectivity index is 1.25. The Bertz CT molecular complexity index is 868. The average Bonchev–Trinajstić information content (AvgIpc) is 2.80. The number of benzene rings is 3. The standard InChI is InChI=1S/C25H28N2O3/c28-25(27-16-7-17-29-23-10-5-2-6-11-23)19-26-18-21-12-14-24(15-13-21)30-20-22-8-3-1-4-9-22/h1-6,8-15,26H,7,16-20H2,(H,27,28). The quantitative estimate of drug-likeness (QED) is 0.449. The molecule has 5 nitrogen and oxygen atoms in total. The first-order chi connectivity index (χ1) is 14.8. The SMILES string of the molecule is O=C(CNCc1ccc(OCc2ccccc2)cc1)NCCCOc1ccccc1. The molecule has 0 saturated heterocycles. The molecule has 0 aromatic heterocycles. The molecule has 0 aliphatic rings. The maximum atomic E-state index is 11.9. The van der Waals surface area contributed by atoms with E-state index in [0.29, 0.717) is 26.3 Å². The summed E-state index contributed by atoms with van der Waals surface area (Å²) in [5.74, 6) is 1.66. The fourth-order valence-electron chi connectivity index (χ4n) is 2.83. The van der Waals surface area contributed by atoms with Crippen LogP contribution in [0.4, 0.5) is 0 Å². The number of hydrogen-bond donors (Lipinski definition) is 2. The lowest BCUT2D eigenvalue weighted by Crippen LogP contribution is -2.34. The summed E-state index contributed by atoms with van der Waals surface area (Å²) < 4.78 is 11.4. The third-order valence-electron chi connectivity index (χ3n) is 4.44. The molecular formula is C25H28N2O3. The number of amides is 1. The zero-order chi connectivity index (χ0) is 20.9. The first-order valence-corrected chi connectivity index (χ1v) is 10.2. The smallest absolute Gasteiger partial charge is 0.233 e. The van der Waals surface area contributed by atoms with Crippen LogP contribution in [0.1, 0.15) is 17.5 Å². The van der Waals surface area contributed by atoms with Gasteiger partial charge in [-0.3, -0.25) is 4.79 Å². The third kappa shape index (κ3) is 7.97. The van der Waals surface area contributed by atoms with Crippen LogP contribution < -0.4 is 20.1 Å². The van der Waals surface area contributed by atoms with E-state index in [1.165, 1.54) is 0 Å². The van der Waals surface area contributed by atoms with Crippen molar-refractivity contribution in [3.8, 4) is 11.5 Å². The summed E-state index contributed by atoms with van der Waals surface area (Å²) in [4.78, 5) is 11.9. The topological polar surface area (TPSA) is 59.6 Å². The first kappa shape index (κ1) is 21.4. The van der Waals surface area contributed by atoms with Crippen molar-refractivity contribution in [3.63, 3.8) is 0 Å². The molecule has 2 N–H and O–H groups in total. The lowest BCUT2D eigenvalue weighted by Gasteiger charge is -2.09. The minimum absolute atomic E-state index is 0.0162. The highest BCUT2D eigenvalue weighted by molar-refractivity contribution is 5.77. The van der Waals surface area contributed by atoms with Crippen LogP contribution in [-0.2, 0) is 17.9 Å². The number of carbonyl (C=O) groups excluding carboxylic acids is 1. The minimum Gasteiger partial charge on any atom is -0.494 e. The predicted molar refractivity (Wildman–Crippen MR) is 118 cm³/mol. The fourth-order valence-corrected chi connectivity index (χ4v) is 2.83. The first-order valence-electron chi connectivity index (χ1n) is 10.2. The molecule has 3 aromatic carbocycles. The van der Waals surface area contributed by atoms with Crippen molar-refractivity contribution in [1.82, 2.24) is 10.6 Å². The summed E-state index contributed by atoms with van der Waals surface area (Å²) in [7, 11) is 0. The van der Waals surface area contributed by atoms with E-state index in [1.54, 1.807) is 0 Å². The summed E-state index contributed by atoms with van der Waals surface area (Å²) in [6.45, 7) is 2.64. The Kier molecular flexibility index (Phi) is 8.77. The summed E-state index contributed by atoms with van der Waals surface area (Å²) in [6.07, 6.45) is 0.769. The summed E-state index contributed by atoms with van der Waals surface area (Å²) >= 11 is 0. The Hall–Kier alpha value is -3.31. The van der Waals surface area contributed by atoms with Gasteiger partial charge in [0.05, 0.1) is 13.2 Å². The monoisotopic (exact) mass is 404 g/mol. The van der Waals surface area contributed by atoms with Gasteiger partial charge in [-0.2, -0.15) is 0 Å². The van der Waals surface area contributed by atoms with Gasteiger partial charge in [0.2, 0.25) is 5.91 Å². The number of para-hydroxylation sites is 1. The summed E-state index contributed by atoms with van der Waals surface area (Å²) in [6, 6.07) is 27.7. The van der Waals surface area contributed by atoms with Gasteiger partial charge in [0.1, 0.15) is 18.1 Å². The van der Waals surface area contributed by atoms with Gasteiger partial charge in [-0.25, -0.2) is 0 Å². The molecule has 5 heteroatoms. The molecule has 1 amide bonds. The molecule has 0 bridgehead atoms. The molecule has 156 valence electrons. The van der Waals surface area contributed by atoms with Gasteiger partial charge in [0.15, 0.2) is 0 Å². The molecule has 0 unspecified atom stereocenters. The van der Waals surface area contributed by atoms with Crippen LogP contribution in [0.3, 0.4) is 0 Å². The Morgan fingerprint density at radius 3 is 2.13 bits per heavy atom. The maximum Gasteiger partial charge on any atom is 0.233 e. The Morgan fingerprint density at radius 2 is 1.40 bits per heavy atom. The van der Waals surface area contributed by atoms with Crippen LogP contribution in [0.2, 0.25) is 0 Å². The highest BCUT2D eigenvalue weighted by Crippen LogP contribution is 2.14. The van der Waals surface area contributed by atoms with Gasteiger partial charge < -0.3 is 20.1 Å². The molecule has 0 aliphatic heterocycles.